The van der Waals surface area contributed by atoms with Crippen LogP contribution in [0.15, 0.2) is 36.5 Å². The minimum absolute atomic E-state index is 0.258. The van der Waals surface area contributed by atoms with Crippen molar-refractivity contribution in [3.8, 4) is 0 Å². The number of nitrogens with one attached hydrogen (secondary N) is 1. The molecule has 12 unspecified atom stereocenters. The van der Waals surface area contributed by atoms with E-state index in [0.717, 1.165) is 38.5 Å². The van der Waals surface area contributed by atoms with Crippen LogP contribution in [0.1, 0.15) is 168 Å². The number of allylic oxidation sites excluding steroid dienone is 5. The van der Waals surface area contributed by atoms with E-state index in [9.17, 15) is 45.6 Å². The van der Waals surface area contributed by atoms with Gasteiger partial charge in [-0.05, 0) is 57.8 Å². The summed E-state index contributed by atoms with van der Waals surface area (Å²) in [6.45, 7) is 2.70. The van der Waals surface area contributed by atoms with Gasteiger partial charge in [0.2, 0.25) is 5.91 Å². The van der Waals surface area contributed by atoms with Crippen molar-refractivity contribution >= 4 is 5.91 Å². The maximum Gasteiger partial charge on any atom is 0.220 e. The Morgan fingerprint density at radius 1 is 0.565 bits per heavy atom. The SMILES string of the molecule is CCCCCC/C=C/CC/C=C/C(O)C(COC1OC(CO)C(OC2OC(CO)C(O)C(O)C2O)C(O)C1O)NC(=O)CCCCCCCCC/C=C\CCCCCCCCC. The fourth-order valence-corrected chi connectivity index (χ4v) is 7.77. The molecular formula is C48H87NO13. The molecule has 9 N–H and O–H groups in total. The molecule has 14 nitrogen and oxygen atoms in total. The third-order valence-corrected chi connectivity index (χ3v) is 11.8. The van der Waals surface area contributed by atoms with Crippen LogP contribution in [0.5, 0.6) is 0 Å². The van der Waals surface area contributed by atoms with Crippen molar-refractivity contribution in [1.29, 1.82) is 0 Å². The molecule has 0 bridgehead atoms. The number of unbranched alkanes of at least 4 members (excludes halogenated alkanes) is 19. The maximum absolute atomic E-state index is 13.1. The van der Waals surface area contributed by atoms with Gasteiger partial charge in [-0.1, -0.05) is 140 Å². The van der Waals surface area contributed by atoms with Gasteiger partial charge in [0.15, 0.2) is 12.6 Å². The molecule has 0 aromatic heterocycles. The Morgan fingerprint density at radius 3 is 1.60 bits per heavy atom. The Bertz CT molecular complexity index is 1190. The molecule has 0 spiro atoms. The summed E-state index contributed by atoms with van der Waals surface area (Å²) in [7, 11) is 0. The van der Waals surface area contributed by atoms with Crippen LogP contribution >= 0.6 is 0 Å². The molecule has 2 heterocycles. The van der Waals surface area contributed by atoms with Crippen LogP contribution in [0.2, 0.25) is 0 Å². The molecule has 62 heavy (non-hydrogen) atoms. The summed E-state index contributed by atoms with van der Waals surface area (Å²) in [5, 5.41) is 86.4. The monoisotopic (exact) mass is 886 g/mol. The lowest BCUT2D eigenvalue weighted by Gasteiger charge is -2.46. The summed E-state index contributed by atoms with van der Waals surface area (Å²) in [6.07, 6.45) is 22.0. The van der Waals surface area contributed by atoms with Gasteiger partial charge in [-0.25, -0.2) is 0 Å². The first-order chi connectivity index (χ1) is 30.1. The third-order valence-electron chi connectivity index (χ3n) is 11.8. The molecule has 0 aromatic carbocycles. The second kappa shape index (κ2) is 35.5. The van der Waals surface area contributed by atoms with Crippen LogP contribution < -0.4 is 5.32 Å². The first-order valence-electron chi connectivity index (χ1n) is 24.2. The van der Waals surface area contributed by atoms with Crippen LogP contribution in [-0.2, 0) is 23.7 Å². The van der Waals surface area contributed by atoms with E-state index in [4.69, 9.17) is 18.9 Å². The predicted octanol–water partition coefficient (Wildman–Crippen LogP) is 5.54. The van der Waals surface area contributed by atoms with E-state index in [0.29, 0.717) is 12.8 Å². The Kier molecular flexibility index (Phi) is 32.2. The molecule has 362 valence electrons. The molecule has 2 saturated heterocycles. The number of rotatable bonds is 36. The zero-order chi connectivity index (χ0) is 45.4. The van der Waals surface area contributed by atoms with E-state index in [-0.39, 0.29) is 18.9 Å². The highest BCUT2D eigenvalue weighted by molar-refractivity contribution is 5.76. The molecule has 2 aliphatic rings. The van der Waals surface area contributed by atoms with Crippen LogP contribution in [0.4, 0.5) is 0 Å². The van der Waals surface area contributed by atoms with Gasteiger partial charge in [0, 0.05) is 6.42 Å². The summed E-state index contributed by atoms with van der Waals surface area (Å²) in [5.41, 5.74) is 0. The number of ether oxygens (including phenoxy) is 4. The van der Waals surface area contributed by atoms with Crippen LogP contribution in [0, 0.1) is 0 Å². The Hall–Kier alpha value is -1.79. The molecule has 2 fully saturated rings. The third kappa shape index (κ3) is 22.9. The summed E-state index contributed by atoms with van der Waals surface area (Å²) in [6, 6.07) is -0.930. The molecular weight excluding hydrogens is 799 g/mol. The first kappa shape index (κ1) is 56.3. The molecule has 14 heteroatoms. The van der Waals surface area contributed by atoms with Crippen LogP contribution in [0.3, 0.4) is 0 Å². The van der Waals surface area contributed by atoms with Crippen molar-refractivity contribution in [3.05, 3.63) is 36.5 Å². The summed E-state index contributed by atoms with van der Waals surface area (Å²) >= 11 is 0. The van der Waals surface area contributed by atoms with Gasteiger partial charge in [-0.2, -0.15) is 0 Å². The molecule has 0 radical (unpaired) electrons. The number of carbonyl (C=O) groups is 1. The van der Waals surface area contributed by atoms with Crippen LogP contribution in [-0.4, -0.2) is 140 Å². The minimum atomic E-state index is -1.79. The zero-order valence-corrected chi connectivity index (χ0v) is 38.1. The van der Waals surface area contributed by atoms with E-state index in [1.165, 1.54) is 96.3 Å². The summed E-state index contributed by atoms with van der Waals surface area (Å²) in [4.78, 5) is 13.1. The molecule has 1 amide bonds. The average Bonchev–Trinajstić information content (AvgIpc) is 3.27. The number of aliphatic hydroxyl groups is 8. The van der Waals surface area contributed by atoms with Gasteiger partial charge in [0.05, 0.1) is 32.0 Å². The van der Waals surface area contributed by atoms with E-state index >= 15 is 0 Å². The highest BCUT2D eigenvalue weighted by atomic mass is 16.7. The molecule has 2 rings (SSSR count). The second-order valence-electron chi connectivity index (χ2n) is 17.2. The van der Waals surface area contributed by atoms with Gasteiger partial charge in [0.1, 0.15) is 48.8 Å². The van der Waals surface area contributed by atoms with Crippen molar-refractivity contribution in [2.45, 2.75) is 242 Å². The van der Waals surface area contributed by atoms with E-state index in [1.54, 1.807) is 6.08 Å². The van der Waals surface area contributed by atoms with Crippen LogP contribution in [0.25, 0.3) is 0 Å². The quantitative estimate of drug-likeness (QED) is 0.0279. The number of hydrogen-bond donors (Lipinski definition) is 9. The highest BCUT2D eigenvalue weighted by Gasteiger charge is 2.51. The number of hydrogen-bond acceptors (Lipinski definition) is 13. The largest absolute Gasteiger partial charge is 0.394 e. The van der Waals surface area contributed by atoms with Gasteiger partial charge in [-0.3, -0.25) is 4.79 Å². The van der Waals surface area contributed by atoms with E-state index in [2.05, 4.69) is 43.5 Å². The first-order valence-corrected chi connectivity index (χ1v) is 24.2. The fraction of sp³-hybridized carbons (Fsp3) is 0.854. The van der Waals surface area contributed by atoms with Crippen molar-refractivity contribution in [3.63, 3.8) is 0 Å². The average molecular weight is 886 g/mol. The topological polar surface area (TPSA) is 228 Å². The normalized spacial score (nSPS) is 28.0. The minimum Gasteiger partial charge on any atom is -0.394 e. The van der Waals surface area contributed by atoms with Gasteiger partial charge in [-0.15, -0.1) is 0 Å². The number of carbonyl (C=O) groups excluding carboxylic acids is 1. The maximum atomic E-state index is 13.1. The van der Waals surface area contributed by atoms with Crippen molar-refractivity contribution in [2.75, 3.05) is 19.8 Å². The summed E-state index contributed by atoms with van der Waals surface area (Å²) < 4.78 is 22.6. The lowest BCUT2D eigenvalue weighted by Crippen LogP contribution is -2.65. The summed E-state index contributed by atoms with van der Waals surface area (Å²) in [5.74, 6) is -0.258. The zero-order valence-electron chi connectivity index (χ0n) is 38.1. The highest BCUT2D eigenvalue weighted by Crippen LogP contribution is 2.30. The Labute approximate surface area is 372 Å². The fourth-order valence-electron chi connectivity index (χ4n) is 7.77. The van der Waals surface area contributed by atoms with Gasteiger partial charge in [0.25, 0.3) is 0 Å². The van der Waals surface area contributed by atoms with Crippen molar-refractivity contribution < 1.29 is 64.6 Å². The molecule has 2 aliphatic heterocycles. The predicted molar refractivity (Wildman–Crippen MR) is 240 cm³/mol. The lowest BCUT2D eigenvalue weighted by atomic mass is 9.97. The smallest absolute Gasteiger partial charge is 0.220 e. The second-order valence-corrected chi connectivity index (χ2v) is 17.2. The molecule has 0 aliphatic carbocycles. The van der Waals surface area contributed by atoms with Gasteiger partial charge >= 0.3 is 0 Å². The molecule has 0 saturated carbocycles. The number of amides is 1. The lowest BCUT2D eigenvalue weighted by molar-refractivity contribution is -0.359. The van der Waals surface area contributed by atoms with Crippen molar-refractivity contribution in [2.24, 2.45) is 0 Å². The van der Waals surface area contributed by atoms with Crippen molar-refractivity contribution in [1.82, 2.24) is 5.32 Å². The Balaban J connectivity index is 1.85. The standard InChI is InChI=1S/C48H87NO13/c1-3-5-7-9-11-13-15-16-17-18-19-20-21-22-24-26-28-30-32-40(53)49-36(37(52)31-29-27-25-23-14-12-10-8-6-4-2)35-59-47-45(58)43(56)46(39(34-51)61-47)62-48-44(57)42(55)41(54)38(33-50)60-48/h14,17-18,23,29,31,36-39,41-48,50-52,54-58H,3-13,15-16,19-22,24-28,30,32-35H2,1-2H3,(H,49,53)/b18-17-,23-14+,31-29+. The van der Waals surface area contributed by atoms with E-state index in [1.807, 2.05) is 6.08 Å². The molecule has 0 aromatic rings. The molecule has 12 atom stereocenters. The number of aliphatic hydroxyl groups excluding tert-OH is 8. The van der Waals surface area contributed by atoms with E-state index < -0.39 is 86.8 Å². The van der Waals surface area contributed by atoms with Gasteiger partial charge < -0.3 is 65.1 Å². The Morgan fingerprint density at radius 2 is 1.03 bits per heavy atom.